The standard InChI is InChI=1S/C18H25NO2S2/c20-18(8-4-3-7-17-9-10-22-23-17)19-12-16-11-14-5-1-2-6-15(14)13-21-16/h1-2,5-6,16-17H,3-4,7-13H2,(H,19,20). The van der Waals surface area contributed by atoms with Crippen LogP contribution in [0, 0.1) is 0 Å². The number of hydrogen-bond acceptors (Lipinski definition) is 4. The highest BCUT2D eigenvalue weighted by Gasteiger charge is 2.19. The lowest BCUT2D eigenvalue weighted by atomic mass is 9.99. The second kappa shape index (κ2) is 9.00. The number of unbranched alkanes of at least 4 members (excludes halogenated alkanes) is 1. The average molecular weight is 352 g/mol. The molecule has 0 bridgehead atoms. The maximum atomic E-state index is 12.0. The van der Waals surface area contributed by atoms with Gasteiger partial charge in [-0.2, -0.15) is 0 Å². The molecule has 3 rings (SSSR count). The van der Waals surface area contributed by atoms with E-state index >= 15 is 0 Å². The molecule has 2 aliphatic rings. The highest BCUT2D eigenvalue weighted by atomic mass is 33.1. The number of carbonyl (C=O) groups excluding carboxylic acids is 1. The Hall–Kier alpha value is -0.650. The first-order valence-corrected chi connectivity index (χ1v) is 10.9. The summed E-state index contributed by atoms with van der Waals surface area (Å²) in [5.41, 5.74) is 2.63. The normalized spacial score (nSPS) is 23.5. The minimum atomic E-state index is 0.112. The molecule has 126 valence electrons. The fraction of sp³-hybridized carbons (Fsp3) is 0.611. The van der Waals surface area contributed by atoms with E-state index in [1.54, 1.807) is 0 Å². The summed E-state index contributed by atoms with van der Waals surface area (Å²) in [6.07, 6.45) is 6.41. The Balaban J connectivity index is 1.29. The molecular formula is C18H25NO2S2. The van der Waals surface area contributed by atoms with Crippen molar-refractivity contribution in [2.75, 3.05) is 12.3 Å². The van der Waals surface area contributed by atoms with Gasteiger partial charge in [-0.3, -0.25) is 4.79 Å². The molecule has 2 heterocycles. The maximum Gasteiger partial charge on any atom is 0.220 e. The van der Waals surface area contributed by atoms with E-state index in [0.717, 1.165) is 18.1 Å². The molecule has 2 atom stereocenters. The van der Waals surface area contributed by atoms with Gasteiger partial charge in [0.2, 0.25) is 5.91 Å². The summed E-state index contributed by atoms with van der Waals surface area (Å²) in [6, 6.07) is 8.39. The van der Waals surface area contributed by atoms with Crippen LogP contribution < -0.4 is 5.32 Å². The second-order valence-electron chi connectivity index (χ2n) is 6.28. The number of amides is 1. The largest absolute Gasteiger partial charge is 0.371 e. The summed E-state index contributed by atoms with van der Waals surface area (Å²) < 4.78 is 5.83. The van der Waals surface area contributed by atoms with Crippen LogP contribution in [0.2, 0.25) is 0 Å². The van der Waals surface area contributed by atoms with E-state index in [9.17, 15) is 4.79 Å². The summed E-state index contributed by atoms with van der Waals surface area (Å²) in [5.74, 6) is 1.46. The third-order valence-electron chi connectivity index (χ3n) is 4.47. The number of carbonyl (C=O) groups is 1. The zero-order chi connectivity index (χ0) is 15.9. The van der Waals surface area contributed by atoms with Gasteiger partial charge in [0.25, 0.3) is 0 Å². The van der Waals surface area contributed by atoms with Crippen LogP contribution in [0.1, 0.15) is 43.2 Å². The van der Waals surface area contributed by atoms with Crippen molar-refractivity contribution in [3.05, 3.63) is 35.4 Å². The molecule has 0 radical (unpaired) electrons. The molecule has 1 saturated heterocycles. The summed E-state index contributed by atoms with van der Waals surface area (Å²) in [6.45, 7) is 1.29. The van der Waals surface area contributed by atoms with E-state index < -0.39 is 0 Å². The van der Waals surface area contributed by atoms with E-state index in [0.29, 0.717) is 19.6 Å². The zero-order valence-corrected chi connectivity index (χ0v) is 15.1. The van der Waals surface area contributed by atoms with Crippen molar-refractivity contribution >= 4 is 27.5 Å². The van der Waals surface area contributed by atoms with Crippen molar-refractivity contribution in [2.45, 2.75) is 56.5 Å². The molecule has 1 amide bonds. The van der Waals surface area contributed by atoms with Gasteiger partial charge in [0.15, 0.2) is 0 Å². The molecule has 0 aliphatic carbocycles. The summed E-state index contributed by atoms with van der Waals surface area (Å²) in [7, 11) is 4.01. The van der Waals surface area contributed by atoms with Crippen LogP contribution in [0.15, 0.2) is 24.3 Å². The highest BCUT2D eigenvalue weighted by molar-refractivity contribution is 8.77. The van der Waals surface area contributed by atoms with Gasteiger partial charge in [-0.1, -0.05) is 52.3 Å². The first-order valence-electron chi connectivity index (χ1n) is 8.54. The van der Waals surface area contributed by atoms with Gasteiger partial charge in [0.1, 0.15) is 0 Å². The quantitative estimate of drug-likeness (QED) is 0.596. The van der Waals surface area contributed by atoms with Crippen molar-refractivity contribution < 1.29 is 9.53 Å². The molecule has 2 aliphatic heterocycles. The molecule has 0 aromatic heterocycles. The Bertz CT molecular complexity index is 517. The third kappa shape index (κ3) is 5.44. The number of ether oxygens (including phenoxy) is 1. The van der Waals surface area contributed by atoms with Crippen LogP contribution in [0.25, 0.3) is 0 Å². The fourth-order valence-corrected chi connectivity index (χ4v) is 6.11. The summed E-state index contributed by atoms with van der Waals surface area (Å²) in [4.78, 5) is 12.0. The number of rotatable bonds is 7. The van der Waals surface area contributed by atoms with Gasteiger partial charge in [-0.05, 0) is 30.4 Å². The molecule has 23 heavy (non-hydrogen) atoms. The molecule has 1 aromatic carbocycles. The van der Waals surface area contributed by atoms with Crippen LogP contribution in [-0.2, 0) is 22.6 Å². The SMILES string of the molecule is O=C(CCCCC1CCSS1)NCC1Cc2ccccc2CO1. The van der Waals surface area contributed by atoms with E-state index in [1.807, 2.05) is 27.7 Å². The lowest BCUT2D eigenvalue weighted by Gasteiger charge is -2.25. The highest BCUT2D eigenvalue weighted by Crippen LogP contribution is 2.39. The van der Waals surface area contributed by atoms with Crippen molar-refractivity contribution in [2.24, 2.45) is 0 Å². The van der Waals surface area contributed by atoms with Crippen LogP contribution in [0.4, 0.5) is 0 Å². The van der Waals surface area contributed by atoms with Gasteiger partial charge in [-0.15, -0.1) is 0 Å². The minimum absolute atomic E-state index is 0.112. The molecule has 0 saturated carbocycles. The molecule has 3 nitrogen and oxygen atoms in total. The molecule has 1 fully saturated rings. The molecular weight excluding hydrogens is 326 g/mol. The second-order valence-corrected chi connectivity index (χ2v) is 9.07. The van der Waals surface area contributed by atoms with Crippen molar-refractivity contribution in [3.8, 4) is 0 Å². The molecule has 2 unspecified atom stereocenters. The van der Waals surface area contributed by atoms with E-state index in [4.69, 9.17) is 4.74 Å². The van der Waals surface area contributed by atoms with Crippen LogP contribution >= 0.6 is 21.6 Å². The lowest BCUT2D eigenvalue weighted by Crippen LogP contribution is -2.36. The predicted octanol–water partition coefficient (Wildman–Crippen LogP) is 3.96. The van der Waals surface area contributed by atoms with Gasteiger partial charge >= 0.3 is 0 Å². The molecule has 0 spiro atoms. The van der Waals surface area contributed by atoms with Crippen LogP contribution in [0.5, 0.6) is 0 Å². The van der Waals surface area contributed by atoms with Crippen LogP contribution in [-0.4, -0.2) is 29.6 Å². The van der Waals surface area contributed by atoms with Crippen molar-refractivity contribution in [3.63, 3.8) is 0 Å². The molecule has 1 N–H and O–H groups in total. The smallest absolute Gasteiger partial charge is 0.220 e. The van der Waals surface area contributed by atoms with Gasteiger partial charge in [0.05, 0.1) is 12.7 Å². The zero-order valence-electron chi connectivity index (χ0n) is 13.5. The number of benzene rings is 1. The first-order chi connectivity index (χ1) is 11.3. The van der Waals surface area contributed by atoms with Gasteiger partial charge < -0.3 is 10.1 Å². The number of fused-ring (bicyclic) bond motifs is 1. The lowest BCUT2D eigenvalue weighted by molar-refractivity contribution is -0.122. The Kier molecular flexibility index (Phi) is 6.72. The molecule has 1 aromatic rings. The van der Waals surface area contributed by atoms with Crippen LogP contribution in [0.3, 0.4) is 0 Å². The summed E-state index contributed by atoms with van der Waals surface area (Å²) >= 11 is 0. The monoisotopic (exact) mass is 351 g/mol. The molecule has 5 heteroatoms. The van der Waals surface area contributed by atoms with E-state index in [1.165, 1.54) is 36.1 Å². The first kappa shape index (κ1) is 17.2. The Morgan fingerprint density at radius 3 is 2.96 bits per heavy atom. The average Bonchev–Trinajstić information content (AvgIpc) is 3.10. The summed E-state index contributed by atoms with van der Waals surface area (Å²) in [5, 5.41) is 3.86. The topological polar surface area (TPSA) is 38.3 Å². The van der Waals surface area contributed by atoms with Crippen molar-refractivity contribution in [1.82, 2.24) is 5.32 Å². The van der Waals surface area contributed by atoms with Crippen molar-refractivity contribution in [1.29, 1.82) is 0 Å². The number of nitrogens with one attached hydrogen (secondary N) is 1. The Morgan fingerprint density at radius 2 is 2.13 bits per heavy atom. The Labute approximate surface area is 146 Å². The van der Waals surface area contributed by atoms with Gasteiger partial charge in [0, 0.05) is 30.4 Å². The minimum Gasteiger partial charge on any atom is -0.371 e. The number of hydrogen-bond donors (Lipinski definition) is 1. The fourth-order valence-electron chi connectivity index (χ4n) is 3.08. The third-order valence-corrected chi connectivity index (χ3v) is 7.48. The maximum absolute atomic E-state index is 12.0. The predicted molar refractivity (Wildman–Crippen MR) is 98.7 cm³/mol. The van der Waals surface area contributed by atoms with Gasteiger partial charge in [-0.25, -0.2) is 0 Å². The Morgan fingerprint density at radius 1 is 1.26 bits per heavy atom. The van der Waals surface area contributed by atoms with E-state index in [2.05, 4.69) is 23.5 Å². The van der Waals surface area contributed by atoms with E-state index in [-0.39, 0.29) is 12.0 Å².